The minimum absolute atomic E-state index is 0.112. The molecule has 0 bridgehead atoms. The van der Waals surface area contributed by atoms with Gasteiger partial charge in [-0.15, -0.1) is 0 Å². The predicted molar refractivity (Wildman–Crippen MR) is 91.6 cm³/mol. The summed E-state index contributed by atoms with van der Waals surface area (Å²) in [5.41, 5.74) is 1.07. The van der Waals surface area contributed by atoms with Crippen LogP contribution in [0.5, 0.6) is 0 Å². The molecule has 1 atom stereocenters. The number of rotatable bonds is 7. The molecule has 1 aromatic carbocycles. The molecular weight excluding hydrogens is 290 g/mol. The van der Waals surface area contributed by atoms with Gasteiger partial charge in [0.25, 0.3) is 11.8 Å². The van der Waals surface area contributed by atoms with Crippen LogP contribution in [0, 0.1) is 5.92 Å². The lowest BCUT2D eigenvalue weighted by Crippen LogP contribution is -2.33. The van der Waals surface area contributed by atoms with Crippen molar-refractivity contribution in [3.8, 4) is 0 Å². The summed E-state index contributed by atoms with van der Waals surface area (Å²) in [6, 6.07) is 6.88. The summed E-state index contributed by atoms with van der Waals surface area (Å²) < 4.78 is 0. The van der Waals surface area contributed by atoms with Crippen molar-refractivity contribution in [3.05, 3.63) is 35.4 Å². The Hall–Kier alpha value is -1.88. The maximum absolute atomic E-state index is 12.2. The molecule has 2 amide bonds. The van der Waals surface area contributed by atoms with E-state index in [0.717, 1.165) is 25.9 Å². The van der Waals surface area contributed by atoms with E-state index in [1.807, 2.05) is 6.92 Å². The fraction of sp³-hybridized carbons (Fsp3) is 0.556. The number of hydrogen-bond acceptors (Lipinski definition) is 3. The van der Waals surface area contributed by atoms with Crippen LogP contribution in [-0.2, 0) is 0 Å². The molecule has 5 heteroatoms. The monoisotopic (exact) mass is 317 g/mol. The van der Waals surface area contributed by atoms with Crippen molar-refractivity contribution in [1.82, 2.24) is 16.0 Å². The lowest BCUT2D eigenvalue weighted by atomic mass is 9.96. The first-order chi connectivity index (χ1) is 11.2. The molecule has 3 N–H and O–H groups in total. The van der Waals surface area contributed by atoms with E-state index in [4.69, 9.17) is 0 Å². The van der Waals surface area contributed by atoms with Gasteiger partial charge in [-0.1, -0.05) is 13.0 Å². The molecule has 0 aliphatic carbocycles. The summed E-state index contributed by atoms with van der Waals surface area (Å²) in [6.07, 6.45) is 4.33. The number of benzene rings is 1. The molecule has 5 nitrogen and oxygen atoms in total. The summed E-state index contributed by atoms with van der Waals surface area (Å²) in [5.74, 6) is 0.406. The average Bonchev–Trinajstić information content (AvgIpc) is 2.60. The van der Waals surface area contributed by atoms with Crippen LogP contribution in [0.1, 0.15) is 53.3 Å². The zero-order chi connectivity index (χ0) is 16.5. The van der Waals surface area contributed by atoms with Crippen molar-refractivity contribution in [3.63, 3.8) is 0 Å². The summed E-state index contributed by atoms with van der Waals surface area (Å²) in [5, 5.41) is 9.16. The first-order valence-electron chi connectivity index (χ1n) is 8.58. The Morgan fingerprint density at radius 2 is 1.87 bits per heavy atom. The molecule has 1 aliphatic heterocycles. The molecule has 0 saturated carbocycles. The van der Waals surface area contributed by atoms with Crippen molar-refractivity contribution in [1.29, 1.82) is 0 Å². The molecule has 1 saturated heterocycles. The van der Waals surface area contributed by atoms with Gasteiger partial charge in [0.05, 0.1) is 0 Å². The molecular formula is C18H27N3O2. The Kier molecular flexibility index (Phi) is 7.07. The Labute approximate surface area is 138 Å². The Morgan fingerprint density at radius 3 is 2.48 bits per heavy atom. The van der Waals surface area contributed by atoms with Crippen LogP contribution in [0.15, 0.2) is 24.3 Å². The zero-order valence-corrected chi connectivity index (χ0v) is 13.9. The van der Waals surface area contributed by atoms with E-state index in [0.29, 0.717) is 30.1 Å². The molecule has 0 spiro atoms. The van der Waals surface area contributed by atoms with Crippen molar-refractivity contribution >= 4 is 11.8 Å². The first kappa shape index (κ1) is 17.5. The van der Waals surface area contributed by atoms with Crippen LogP contribution in [0.3, 0.4) is 0 Å². The smallest absolute Gasteiger partial charge is 0.251 e. The largest absolute Gasteiger partial charge is 0.352 e. The van der Waals surface area contributed by atoms with Crippen LogP contribution in [0.25, 0.3) is 0 Å². The molecule has 0 radical (unpaired) electrons. The predicted octanol–water partition coefficient (Wildman–Crippen LogP) is 1.95. The second-order valence-electron chi connectivity index (χ2n) is 6.09. The van der Waals surface area contributed by atoms with E-state index < -0.39 is 0 Å². The van der Waals surface area contributed by atoms with Crippen molar-refractivity contribution < 1.29 is 9.59 Å². The Bertz CT molecular complexity index is 525. The standard InChI is InChI=1S/C18H27N3O2/c1-2-9-20-17(22)15-6-3-7-16(12-15)18(23)21-11-8-14-5-4-10-19-13-14/h3,6-7,12,14,19H,2,4-5,8-11,13H2,1H3,(H,20,22)(H,21,23). The molecule has 1 aromatic rings. The van der Waals surface area contributed by atoms with Crippen molar-refractivity contribution in [2.45, 2.75) is 32.6 Å². The normalized spacial score (nSPS) is 17.5. The summed E-state index contributed by atoms with van der Waals surface area (Å²) >= 11 is 0. The van der Waals surface area contributed by atoms with Gasteiger partial charge in [0.2, 0.25) is 0 Å². The maximum atomic E-state index is 12.2. The number of hydrogen-bond donors (Lipinski definition) is 3. The fourth-order valence-corrected chi connectivity index (χ4v) is 2.80. The second kappa shape index (κ2) is 9.30. The topological polar surface area (TPSA) is 70.2 Å². The van der Waals surface area contributed by atoms with E-state index in [1.165, 1.54) is 12.8 Å². The summed E-state index contributed by atoms with van der Waals surface area (Å²) in [7, 11) is 0. The SMILES string of the molecule is CCCNC(=O)c1cccc(C(=O)NCCC2CCCNC2)c1. The van der Waals surface area contributed by atoms with E-state index >= 15 is 0 Å². The third kappa shape index (κ3) is 5.67. The quantitative estimate of drug-likeness (QED) is 0.720. The van der Waals surface area contributed by atoms with E-state index in [2.05, 4.69) is 16.0 Å². The van der Waals surface area contributed by atoms with Crippen molar-refractivity contribution in [2.75, 3.05) is 26.2 Å². The third-order valence-electron chi connectivity index (χ3n) is 4.16. The number of carbonyl (C=O) groups is 2. The van der Waals surface area contributed by atoms with Gasteiger partial charge in [-0.3, -0.25) is 9.59 Å². The highest BCUT2D eigenvalue weighted by atomic mass is 16.2. The molecule has 126 valence electrons. The highest BCUT2D eigenvalue weighted by Crippen LogP contribution is 2.13. The highest BCUT2D eigenvalue weighted by Gasteiger charge is 2.14. The Morgan fingerprint density at radius 1 is 1.17 bits per heavy atom. The molecule has 1 heterocycles. The van der Waals surface area contributed by atoms with Gasteiger partial charge in [0.1, 0.15) is 0 Å². The van der Waals surface area contributed by atoms with Gasteiger partial charge in [-0.2, -0.15) is 0 Å². The Balaban J connectivity index is 1.82. The van der Waals surface area contributed by atoms with Crippen LogP contribution < -0.4 is 16.0 Å². The number of amides is 2. The second-order valence-corrected chi connectivity index (χ2v) is 6.09. The van der Waals surface area contributed by atoms with Gasteiger partial charge in [0.15, 0.2) is 0 Å². The number of nitrogens with one attached hydrogen (secondary N) is 3. The number of carbonyl (C=O) groups excluding carboxylic acids is 2. The van der Waals surface area contributed by atoms with E-state index in [9.17, 15) is 9.59 Å². The van der Waals surface area contributed by atoms with Crippen LogP contribution in [0.4, 0.5) is 0 Å². The van der Waals surface area contributed by atoms with E-state index in [-0.39, 0.29) is 11.8 Å². The molecule has 1 fully saturated rings. The van der Waals surface area contributed by atoms with Crippen LogP contribution in [-0.4, -0.2) is 38.0 Å². The lowest BCUT2D eigenvalue weighted by molar-refractivity contribution is 0.0950. The average molecular weight is 317 g/mol. The van der Waals surface area contributed by atoms with Gasteiger partial charge < -0.3 is 16.0 Å². The molecule has 23 heavy (non-hydrogen) atoms. The summed E-state index contributed by atoms with van der Waals surface area (Å²) in [6.45, 7) is 5.48. The van der Waals surface area contributed by atoms with Gasteiger partial charge in [-0.25, -0.2) is 0 Å². The van der Waals surface area contributed by atoms with Gasteiger partial charge >= 0.3 is 0 Å². The van der Waals surface area contributed by atoms with Crippen LogP contribution >= 0.6 is 0 Å². The lowest BCUT2D eigenvalue weighted by Gasteiger charge is -2.22. The molecule has 2 rings (SSSR count). The van der Waals surface area contributed by atoms with Gasteiger partial charge in [0, 0.05) is 24.2 Å². The minimum atomic E-state index is -0.130. The highest BCUT2D eigenvalue weighted by molar-refractivity contribution is 5.99. The first-order valence-corrected chi connectivity index (χ1v) is 8.58. The minimum Gasteiger partial charge on any atom is -0.352 e. The fourth-order valence-electron chi connectivity index (χ4n) is 2.80. The maximum Gasteiger partial charge on any atom is 0.251 e. The number of piperidine rings is 1. The van der Waals surface area contributed by atoms with Gasteiger partial charge in [-0.05, 0) is 62.9 Å². The van der Waals surface area contributed by atoms with Crippen molar-refractivity contribution in [2.24, 2.45) is 5.92 Å². The molecule has 1 aliphatic rings. The molecule has 0 aromatic heterocycles. The third-order valence-corrected chi connectivity index (χ3v) is 4.16. The van der Waals surface area contributed by atoms with Crippen LogP contribution in [0.2, 0.25) is 0 Å². The van der Waals surface area contributed by atoms with E-state index in [1.54, 1.807) is 24.3 Å². The summed E-state index contributed by atoms with van der Waals surface area (Å²) in [4.78, 5) is 24.2. The molecule has 1 unspecified atom stereocenters. The zero-order valence-electron chi connectivity index (χ0n) is 13.9.